The summed E-state index contributed by atoms with van der Waals surface area (Å²) in [7, 11) is 3.29. The molecule has 0 atom stereocenters. The second kappa shape index (κ2) is 9.92. The Bertz CT molecular complexity index is 1270. The predicted octanol–water partition coefficient (Wildman–Crippen LogP) is 4.80. The van der Waals surface area contributed by atoms with Crippen LogP contribution in [0.4, 0.5) is 0 Å². The van der Waals surface area contributed by atoms with Crippen LogP contribution in [0.25, 0.3) is 33.6 Å². The van der Waals surface area contributed by atoms with E-state index in [2.05, 4.69) is 23.7 Å². The molecule has 2 aromatic heterocycles. The molecule has 0 saturated carbocycles. The first-order chi connectivity index (χ1) is 16.1. The van der Waals surface area contributed by atoms with E-state index in [9.17, 15) is 0 Å². The maximum absolute atomic E-state index is 9.01. The predicted molar refractivity (Wildman–Crippen MR) is 130 cm³/mol. The molecule has 0 unspecified atom stereocenters. The third kappa shape index (κ3) is 4.50. The molecule has 7 heteroatoms. The summed E-state index contributed by atoms with van der Waals surface area (Å²) in [4.78, 5) is 6.91. The van der Waals surface area contributed by atoms with Crippen molar-refractivity contribution >= 4 is 11.1 Å². The normalized spacial score (nSPS) is 11.3. The number of methoxy groups -OCH3 is 2. The Kier molecular flexibility index (Phi) is 6.79. The van der Waals surface area contributed by atoms with Crippen LogP contribution in [0.5, 0.6) is 11.5 Å². The molecular formula is C26H30N4O3. The monoisotopic (exact) mass is 446 g/mol. The SMILES string of the molecule is CCN(CC)CCn1cnc2oc(-c3ccc(OC)cc3)c(-c3ccc(OC)cc3)c2c1=N. The minimum absolute atomic E-state index is 0.390. The van der Waals surface area contributed by atoms with Gasteiger partial charge >= 0.3 is 0 Å². The summed E-state index contributed by atoms with van der Waals surface area (Å²) in [6, 6.07) is 15.5. The summed E-state index contributed by atoms with van der Waals surface area (Å²) in [5.74, 6) is 2.23. The molecule has 4 aromatic rings. The summed E-state index contributed by atoms with van der Waals surface area (Å²) < 4.78 is 18.8. The van der Waals surface area contributed by atoms with E-state index in [1.807, 2.05) is 53.1 Å². The highest BCUT2D eigenvalue weighted by molar-refractivity contribution is 5.99. The smallest absolute Gasteiger partial charge is 0.232 e. The Hall–Kier alpha value is -3.58. The van der Waals surface area contributed by atoms with Gasteiger partial charge in [-0.1, -0.05) is 26.0 Å². The number of rotatable bonds is 9. The molecular weight excluding hydrogens is 416 g/mol. The minimum Gasteiger partial charge on any atom is -0.497 e. The fourth-order valence-corrected chi connectivity index (χ4v) is 3.99. The second-order valence-corrected chi connectivity index (χ2v) is 7.76. The Morgan fingerprint density at radius 1 is 0.909 bits per heavy atom. The molecule has 1 N–H and O–H groups in total. The molecule has 0 bridgehead atoms. The van der Waals surface area contributed by atoms with E-state index in [1.165, 1.54) is 0 Å². The number of likely N-dealkylation sites (N-methyl/N-ethyl adjacent to an activating group) is 1. The molecule has 2 heterocycles. The number of furan rings is 1. The highest BCUT2D eigenvalue weighted by Gasteiger charge is 2.21. The van der Waals surface area contributed by atoms with Crippen LogP contribution >= 0.6 is 0 Å². The highest BCUT2D eigenvalue weighted by Crippen LogP contribution is 2.39. The molecule has 0 amide bonds. The van der Waals surface area contributed by atoms with Gasteiger partial charge in [0.15, 0.2) is 0 Å². The van der Waals surface area contributed by atoms with Gasteiger partial charge in [-0.2, -0.15) is 0 Å². The lowest BCUT2D eigenvalue weighted by atomic mass is 9.99. The number of ether oxygens (including phenoxy) is 2. The zero-order chi connectivity index (χ0) is 23.4. The van der Waals surface area contributed by atoms with Crippen LogP contribution < -0.4 is 15.0 Å². The van der Waals surface area contributed by atoms with E-state index in [0.717, 1.165) is 47.8 Å². The molecule has 2 aromatic carbocycles. The van der Waals surface area contributed by atoms with Crippen LogP contribution in [-0.2, 0) is 6.54 Å². The molecule has 0 spiro atoms. The van der Waals surface area contributed by atoms with Crippen molar-refractivity contribution in [3.05, 3.63) is 60.3 Å². The van der Waals surface area contributed by atoms with Crippen LogP contribution in [-0.4, -0.2) is 48.3 Å². The fraction of sp³-hybridized carbons (Fsp3) is 0.308. The van der Waals surface area contributed by atoms with E-state index >= 15 is 0 Å². The van der Waals surface area contributed by atoms with Crippen molar-refractivity contribution in [2.24, 2.45) is 0 Å². The molecule has 0 aliphatic rings. The Morgan fingerprint density at radius 2 is 1.48 bits per heavy atom. The van der Waals surface area contributed by atoms with E-state index in [-0.39, 0.29) is 0 Å². The first-order valence-electron chi connectivity index (χ1n) is 11.2. The van der Waals surface area contributed by atoms with Crippen LogP contribution in [0.15, 0.2) is 59.3 Å². The van der Waals surface area contributed by atoms with Crippen molar-refractivity contribution in [2.75, 3.05) is 33.9 Å². The van der Waals surface area contributed by atoms with Gasteiger partial charge in [-0.25, -0.2) is 4.98 Å². The van der Waals surface area contributed by atoms with Gasteiger partial charge in [0.05, 0.1) is 19.6 Å². The molecule has 0 aliphatic carbocycles. The van der Waals surface area contributed by atoms with E-state index in [1.54, 1.807) is 20.5 Å². The third-order valence-corrected chi connectivity index (χ3v) is 6.01. The van der Waals surface area contributed by atoms with Gasteiger partial charge in [-0.05, 0) is 55.1 Å². The quantitative estimate of drug-likeness (QED) is 0.400. The van der Waals surface area contributed by atoms with E-state index in [0.29, 0.717) is 28.9 Å². The van der Waals surface area contributed by atoms with E-state index < -0.39 is 0 Å². The molecule has 0 aliphatic heterocycles. The number of nitrogens with zero attached hydrogens (tertiary/aromatic N) is 3. The molecule has 0 saturated heterocycles. The van der Waals surface area contributed by atoms with Crippen molar-refractivity contribution < 1.29 is 13.9 Å². The first-order valence-corrected chi connectivity index (χ1v) is 11.2. The van der Waals surface area contributed by atoms with Crippen molar-refractivity contribution in [3.8, 4) is 33.9 Å². The fourth-order valence-electron chi connectivity index (χ4n) is 3.99. The average Bonchev–Trinajstić information content (AvgIpc) is 3.26. The zero-order valence-corrected chi connectivity index (χ0v) is 19.6. The maximum Gasteiger partial charge on any atom is 0.232 e. The second-order valence-electron chi connectivity index (χ2n) is 7.76. The lowest BCUT2D eigenvalue weighted by Gasteiger charge is -2.18. The third-order valence-electron chi connectivity index (χ3n) is 6.01. The summed E-state index contributed by atoms with van der Waals surface area (Å²) in [5, 5.41) is 9.71. The Morgan fingerprint density at radius 3 is 2.03 bits per heavy atom. The number of nitrogens with one attached hydrogen (secondary N) is 1. The van der Waals surface area contributed by atoms with Crippen molar-refractivity contribution in [1.82, 2.24) is 14.5 Å². The lowest BCUT2D eigenvalue weighted by molar-refractivity contribution is 0.288. The number of fused-ring (bicyclic) bond motifs is 1. The standard InChI is InChI=1S/C26H30N4O3/c1-5-29(6-2)15-16-30-17-28-26-23(25(30)27)22(18-7-11-20(31-3)12-8-18)24(33-26)19-9-13-21(32-4)14-10-19/h7-14,17,27H,5-6,15-16H2,1-4H3. The van der Waals surface area contributed by atoms with Gasteiger partial charge in [0.2, 0.25) is 5.71 Å². The van der Waals surface area contributed by atoms with Crippen LogP contribution in [0, 0.1) is 5.41 Å². The summed E-state index contributed by atoms with van der Waals surface area (Å²) in [5.41, 5.74) is 3.54. The highest BCUT2D eigenvalue weighted by atomic mass is 16.5. The topological polar surface area (TPSA) is 76.5 Å². The van der Waals surface area contributed by atoms with Crippen LogP contribution in [0.3, 0.4) is 0 Å². The number of hydrogen-bond donors (Lipinski definition) is 1. The molecule has 0 radical (unpaired) electrons. The Labute approximate surface area is 193 Å². The van der Waals surface area contributed by atoms with Gasteiger partial charge < -0.3 is 23.4 Å². The lowest BCUT2D eigenvalue weighted by Crippen LogP contribution is -2.31. The van der Waals surface area contributed by atoms with Crippen molar-refractivity contribution in [2.45, 2.75) is 20.4 Å². The van der Waals surface area contributed by atoms with Gasteiger partial charge in [-0.3, -0.25) is 5.41 Å². The summed E-state index contributed by atoms with van der Waals surface area (Å²) >= 11 is 0. The van der Waals surface area contributed by atoms with Gasteiger partial charge in [0, 0.05) is 24.2 Å². The summed E-state index contributed by atoms with van der Waals surface area (Å²) in [6.45, 7) is 7.80. The first kappa shape index (κ1) is 22.6. The van der Waals surface area contributed by atoms with Gasteiger partial charge in [-0.15, -0.1) is 0 Å². The average molecular weight is 447 g/mol. The van der Waals surface area contributed by atoms with Crippen molar-refractivity contribution in [1.29, 1.82) is 5.41 Å². The van der Waals surface area contributed by atoms with E-state index in [4.69, 9.17) is 19.3 Å². The zero-order valence-electron chi connectivity index (χ0n) is 19.6. The Balaban J connectivity index is 1.89. The largest absolute Gasteiger partial charge is 0.497 e. The molecule has 7 nitrogen and oxygen atoms in total. The summed E-state index contributed by atoms with van der Waals surface area (Å²) in [6.07, 6.45) is 1.70. The number of benzene rings is 2. The van der Waals surface area contributed by atoms with Crippen LogP contribution in [0.1, 0.15) is 13.8 Å². The van der Waals surface area contributed by atoms with Crippen molar-refractivity contribution in [3.63, 3.8) is 0 Å². The maximum atomic E-state index is 9.01. The molecule has 172 valence electrons. The molecule has 4 rings (SSSR count). The van der Waals surface area contributed by atoms with Gasteiger partial charge in [0.25, 0.3) is 0 Å². The molecule has 33 heavy (non-hydrogen) atoms. The number of hydrogen-bond acceptors (Lipinski definition) is 6. The van der Waals surface area contributed by atoms with Crippen LogP contribution in [0.2, 0.25) is 0 Å². The number of aromatic nitrogens is 2. The minimum atomic E-state index is 0.390. The molecule has 0 fully saturated rings. The van der Waals surface area contributed by atoms with Gasteiger partial charge in [0.1, 0.15) is 29.1 Å².